The van der Waals surface area contributed by atoms with Crippen LogP contribution in [0.15, 0.2) is 24.3 Å². The van der Waals surface area contributed by atoms with E-state index in [1.807, 2.05) is 45.0 Å². The Hall–Kier alpha value is -2.94. The molecule has 2 heterocycles. The third-order valence-electron chi connectivity index (χ3n) is 5.21. The van der Waals surface area contributed by atoms with Crippen molar-refractivity contribution in [1.29, 1.82) is 0 Å². The number of carbonyl (C=O) groups is 2. The van der Waals surface area contributed by atoms with Crippen LogP contribution < -0.4 is 16.0 Å². The van der Waals surface area contributed by atoms with Gasteiger partial charge in [0.1, 0.15) is 0 Å². The second-order valence-corrected chi connectivity index (χ2v) is 7.49. The maximum Gasteiger partial charge on any atom is 0.256 e. The fourth-order valence-corrected chi connectivity index (χ4v) is 3.61. The molecule has 166 valence electrons. The van der Waals surface area contributed by atoms with E-state index < -0.39 is 6.10 Å². The fraction of sp³-hybridized carbons (Fsp3) is 0.391. The first kappa shape index (κ1) is 22.7. The van der Waals surface area contributed by atoms with Crippen molar-refractivity contribution in [3.05, 3.63) is 52.3 Å². The summed E-state index contributed by atoms with van der Waals surface area (Å²) in [5.74, 6) is -0.431. The van der Waals surface area contributed by atoms with Crippen LogP contribution in [-0.4, -0.2) is 60.9 Å². The van der Waals surface area contributed by atoms with Crippen molar-refractivity contribution < 1.29 is 19.4 Å². The summed E-state index contributed by atoms with van der Waals surface area (Å²) in [5, 5.41) is 18.8. The van der Waals surface area contributed by atoms with Gasteiger partial charge in [-0.2, -0.15) is 0 Å². The summed E-state index contributed by atoms with van der Waals surface area (Å²) in [6.07, 6.45) is 1.07. The van der Waals surface area contributed by atoms with Crippen molar-refractivity contribution in [2.24, 2.45) is 0 Å². The number of aliphatic hydroxyl groups is 1. The van der Waals surface area contributed by atoms with E-state index in [9.17, 15) is 14.7 Å². The van der Waals surface area contributed by atoms with Gasteiger partial charge in [-0.05, 0) is 38.5 Å². The summed E-state index contributed by atoms with van der Waals surface area (Å²) in [7, 11) is 0. The highest BCUT2D eigenvalue weighted by atomic mass is 16.5. The van der Waals surface area contributed by atoms with Crippen LogP contribution in [0.2, 0.25) is 0 Å². The first-order valence-electron chi connectivity index (χ1n) is 10.5. The minimum atomic E-state index is -0.703. The van der Waals surface area contributed by atoms with Crippen molar-refractivity contribution in [1.82, 2.24) is 15.6 Å². The Morgan fingerprint density at radius 2 is 2.03 bits per heavy atom. The summed E-state index contributed by atoms with van der Waals surface area (Å²) in [4.78, 5) is 28.3. The summed E-state index contributed by atoms with van der Waals surface area (Å²) in [6.45, 7) is 7.97. The van der Waals surface area contributed by atoms with Gasteiger partial charge in [-0.3, -0.25) is 9.59 Å². The molecule has 0 radical (unpaired) electrons. The molecule has 31 heavy (non-hydrogen) atoms. The molecule has 2 aromatic rings. The third-order valence-corrected chi connectivity index (χ3v) is 5.21. The second kappa shape index (κ2) is 10.4. The number of aromatic nitrogens is 1. The molecular formula is C23H30N4O4. The Balaban J connectivity index is 1.65. The van der Waals surface area contributed by atoms with Crippen molar-refractivity contribution in [2.75, 3.05) is 38.2 Å². The molecule has 0 fully saturated rings. The number of hydrogen-bond donors (Lipinski definition) is 5. The Kier molecular flexibility index (Phi) is 7.62. The van der Waals surface area contributed by atoms with E-state index >= 15 is 0 Å². The Morgan fingerprint density at radius 3 is 2.81 bits per heavy atom. The zero-order valence-electron chi connectivity index (χ0n) is 18.2. The van der Waals surface area contributed by atoms with Crippen LogP contribution in [0.1, 0.15) is 39.8 Å². The molecule has 3 rings (SSSR count). The number of anilines is 1. The average Bonchev–Trinajstić information content (AvgIpc) is 3.21. The SMILES string of the molecule is CCOCCNCC(O)CNC(=O)c1c(C)[nH]c(/C=C2\C(=O)Nc3ccccc32)c1C. The first-order valence-corrected chi connectivity index (χ1v) is 10.5. The molecule has 8 nitrogen and oxygen atoms in total. The van der Waals surface area contributed by atoms with Gasteiger partial charge < -0.3 is 30.8 Å². The molecule has 1 aromatic heterocycles. The molecule has 1 aliphatic heterocycles. The number of hydrogen-bond acceptors (Lipinski definition) is 5. The van der Waals surface area contributed by atoms with Gasteiger partial charge in [0.05, 0.1) is 23.8 Å². The third kappa shape index (κ3) is 5.41. The molecule has 1 unspecified atom stereocenters. The molecule has 0 bridgehead atoms. The van der Waals surface area contributed by atoms with E-state index in [2.05, 4.69) is 20.9 Å². The Labute approximate surface area is 182 Å². The lowest BCUT2D eigenvalue weighted by atomic mass is 10.0. The highest BCUT2D eigenvalue weighted by Crippen LogP contribution is 2.33. The van der Waals surface area contributed by atoms with E-state index in [-0.39, 0.29) is 18.4 Å². The molecule has 0 aliphatic carbocycles. The van der Waals surface area contributed by atoms with Gasteiger partial charge in [-0.1, -0.05) is 18.2 Å². The topological polar surface area (TPSA) is 115 Å². The number of aliphatic hydroxyl groups excluding tert-OH is 1. The van der Waals surface area contributed by atoms with Gasteiger partial charge in [-0.25, -0.2) is 0 Å². The van der Waals surface area contributed by atoms with E-state index in [0.29, 0.717) is 48.8 Å². The van der Waals surface area contributed by atoms with Crippen LogP contribution in [0, 0.1) is 13.8 Å². The van der Waals surface area contributed by atoms with Crippen LogP contribution in [0.4, 0.5) is 5.69 Å². The molecule has 0 saturated heterocycles. The minimum Gasteiger partial charge on any atom is -0.390 e. The molecule has 0 spiro atoms. The lowest BCUT2D eigenvalue weighted by Crippen LogP contribution is -2.39. The standard InChI is InChI=1S/C23H30N4O4/c1-4-31-10-9-24-12-16(28)13-25-23(30)21-14(2)20(26-15(21)3)11-18-17-7-5-6-8-19(17)27-22(18)29/h5-8,11,16,24,26,28H,4,9-10,12-13H2,1-3H3,(H,25,30)(H,27,29)/b18-11-. The minimum absolute atomic E-state index is 0.136. The number of amides is 2. The maximum atomic E-state index is 12.7. The second-order valence-electron chi connectivity index (χ2n) is 7.49. The Morgan fingerprint density at radius 1 is 1.26 bits per heavy atom. The van der Waals surface area contributed by atoms with Crippen molar-refractivity contribution in [3.63, 3.8) is 0 Å². The summed E-state index contributed by atoms with van der Waals surface area (Å²) in [6, 6.07) is 7.51. The van der Waals surface area contributed by atoms with E-state index in [4.69, 9.17) is 4.74 Å². The number of rotatable bonds is 10. The van der Waals surface area contributed by atoms with Crippen molar-refractivity contribution in [2.45, 2.75) is 26.9 Å². The summed E-state index contributed by atoms with van der Waals surface area (Å²) in [5.41, 5.74) is 4.87. The van der Waals surface area contributed by atoms with E-state index in [1.165, 1.54) is 0 Å². The van der Waals surface area contributed by atoms with E-state index in [0.717, 1.165) is 16.8 Å². The molecule has 1 aliphatic rings. The van der Waals surface area contributed by atoms with Gasteiger partial charge in [0, 0.05) is 48.9 Å². The van der Waals surface area contributed by atoms with Crippen LogP contribution >= 0.6 is 0 Å². The van der Waals surface area contributed by atoms with Gasteiger partial charge in [0.15, 0.2) is 0 Å². The predicted octanol–water partition coefficient (Wildman–Crippen LogP) is 1.84. The summed E-state index contributed by atoms with van der Waals surface area (Å²) >= 11 is 0. The molecule has 2 amide bonds. The monoisotopic (exact) mass is 426 g/mol. The van der Waals surface area contributed by atoms with Crippen LogP contribution in [0.5, 0.6) is 0 Å². The molecular weight excluding hydrogens is 396 g/mol. The molecule has 0 saturated carbocycles. The highest BCUT2D eigenvalue weighted by Gasteiger charge is 2.25. The zero-order chi connectivity index (χ0) is 22.4. The van der Waals surface area contributed by atoms with Gasteiger partial charge in [-0.15, -0.1) is 0 Å². The average molecular weight is 427 g/mol. The molecule has 1 aromatic carbocycles. The number of ether oxygens (including phenoxy) is 1. The van der Waals surface area contributed by atoms with Gasteiger partial charge in [0.2, 0.25) is 0 Å². The first-order chi connectivity index (χ1) is 14.9. The number of nitrogens with one attached hydrogen (secondary N) is 4. The zero-order valence-corrected chi connectivity index (χ0v) is 18.2. The molecule has 1 atom stereocenters. The van der Waals surface area contributed by atoms with Crippen molar-refractivity contribution in [3.8, 4) is 0 Å². The van der Waals surface area contributed by atoms with Crippen LogP contribution in [0.3, 0.4) is 0 Å². The van der Waals surface area contributed by atoms with Crippen LogP contribution in [-0.2, 0) is 9.53 Å². The smallest absolute Gasteiger partial charge is 0.256 e. The normalized spacial score (nSPS) is 15.1. The lowest BCUT2D eigenvalue weighted by molar-refractivity contribution is -0.110. The fourth-order valence-electron chi connectivity index (χ4n) is 3.61. The highest BCUT2D eigenvalue weighted by molar-refractivity contribution is 6.34. The number of aryl methyl sites for hydroxylation is 1. The van der Waals surface area contributed by atoms with E-state index in [1.54, 1.807) is 6.08 Å². The quantitative estimate of drug-likeness (QED) is 0.294. The number of aromatic amines is 1. The number of fused-ring (bicyclic) bond motifs is 1. The Bertz CT molecular complexity index is 980. The van der Waals surface area contributed by atoms with Gasteiger partial charge >= 0.3 is 0 Å². The number of para-hydroxylation sites is 1. The van der Waals surface area contributed by atoms with Gasteiger partial charge in [0.25, 0.3) is 11.8 Å². The molecule has 5 N–H and O–H groups in total. The largest absolute Gasteiger partial charge is 0.390 e. The lowest BCUT2D eigenvalue weighted by Gasteiger charge is -2.13. The number of benzene rings is 1. The van der Waals surface area contributed by atoms with Crippen molar-refractivity contribution >= 4 is 29.2 Å². The summed E-state index contributed by atoms with van der Waals surface area (Å²) < 4.78 is 5.23. The number of carbonyl (C=O) groups excluding carboxylic acids is 2. The predicted molar refractivity (Wildman–Crippen MR) is 121 cm³/mol. The maximum absolute atomic E-state index is 12.7. The number of H-pyrrole nitrogens is 1. The molecule has 8 heteroatoms. The van der Waals surface area contributed by atoms with Crippen LogP contribution in [0.25, 0.3) is 11.6 Å².